The van der Waals surface area contributed by atoms with Crippen molar-refractivity contribution in [3.63, 3.8) is 0 Å². The molecule has 6 heteroatoms. The highest BCUT2D eigenvalue weighted by Gasteiger charge is 2.03. The summed E-state index contributed by atoms with van der Waals surface area (Å²) in [5, 5.41) is 6.92. The molecule has 0 amide bonds. The number of Topliss-reactive ketones (excluding diaryl/α,β-unsaturated/α-hetero) is 1. The molecule has 6 nitrogen and oxygen atoms in total. The molecule has 17 heavy (non-hydrogen) atoms. The first kappa shape index (κ1) is 12.7. The summed E-state index contributed by atoms with van der Waals surface area (Å²) in [5.74, 6) is 0.496. The van der Waals surface area contributed by atoms with E-state index in [0.717, 1.165) is 0 Å². The van der Waals surface area contributed by atoms with Crippen LogP contribution in [0.25, 0.3) is 0 Å². The fraction of sp³-hybridized carbons (Fsp3) is 0.182. The number of carbonyl (C=O) groups excluding carboxylic acids is 1. The van der Waals surface area contributed by atoms with Gasteiger partial charge in [-0.2, -0.15) is 5.10 Å². The lowest BCUT2D eigenvalue weighted by molar-refractivity contribution is 0.100. The molecule has 0 aliphatic rings. The van der Waals surface area contributed by atoms with E-state index in [1.165, 1.54) is 6.21 Å². The van der Waals surface area contributed by atoms with Gasteiger partial charge in [0.15, 0.2) is 5.78 Å². The standard InChI is InChI=1S/C11H14N4O2/c1-17-9-4-2-8(3-5-9)10(16)6-7-14-15-11(12)13/h2-5,7H,6H2,1H3,(H4,12,13,15)/b14-7+. The highest BCUT2D eigenvalue weighted by molar-refractivity contribution is 6.03. The number of nitrogens with zero attached hydrogens (tertiary/aromatic N) is 2. The normalized spacial score (nSPS) is 10.2. The van der Waals surface area contributed by atoms with Crippen LogP contribution in [0.1, 0.15) is 16.8 Å². The molecule has 0 heterocycles. The maximum absolute atomic E-state index is 11.6. The van der Waals surface area contributed by atoms with E-state index >= 15 is 0 Å². The Morgan fingerprint density at radius 2 is 2.00 bits per heavy atom. The second kappa shape index (κ2) is 6.26. The van der Waals surface area contributed by atoms with Crippen molar-refractivity contribution < 1.29 is 9.53 Å². The van der Waals surface area contributed by atoms with Crippen molar-refractivity contribution in [2.75, 3.05) is 7.11 Å². The minimum Gasteiger partial charge on any atom is -0.497 e. The summed E-state index contributed by atoms with van der Waals surface area (Å²) in [4.78, 5) is 11.6. The second-order valence-electron chi connectivity index (χ2n) is 3.18. The first-order valence-corrected chi connectivity index (χ1v) is 4.91. The zero-order chi connectivity index (χ0) is 12.7. The Morgan fingerprint density at radius 1 is 1.35 bits per heavy atom. The lowest BCUT2D eigenvalue weighted by atomic mass is 10.1. The third-order valence-corrected chi connectivity index (χ3v) is 1.94. The molecule has 0 saturated heterocycles. The Bertz CT molecular complexity index is 433. The lowest BCUT2D eigenvalue weighted by Crippen LogP contribution is -2.21. The van der Waals surface area contributed by atoms with E-state index in [4.69, 9.17) is 16.2 Å². The summed E-state index contributed by atoms with van der Waals surface area (Å²) < 4.78 is 4.99. The Kier molecular flexibility index (Phi) is 4.68. The van der Waals surface area contributed by atoms with Gasteiger partial charge in [-0.25, -0.2) is 0 Å². The zero-order valence-electron chi connectivity index (χ0n) is 9.46. The summed E-state index contributed by atoms with van der Waals surface area (Å²) in [5.41, 5.74) is 10.7. The minimum atomic E-state index is -0.141. The van der Waals surface area contributed by atoms with Crippen LogP contribution < -0.4 is 16.2 Å². The third-order valence-electron chi connectivity index (χ3n) is 1.94. The van der Waals surface area contributed by atoms with Crippen LogP contribution in [0, 0.1) is 0 Å². The van der Waals surface area contributed by atoms with Gasteiger partial charge in [0, 0.05) is 18.2 Å². The molecule has 1 aromatic carbocycles. The number of nitrogens with two attached hydrogens (primary N) is 2. The summed E-state index contributed by atoms with van der Waals surface area (Å²) in [6, 6.07) is 6.83. The molecule has 0 bridgehead atoms. The molecule has 0 radical (unpaired) electrons. The van der Waals surface area contributed by atoms with Gasteiger partial charge in [0.1, 0.15) is 5.75 Å². The SMILES string of the molecule is COc1ccc(C(=O)C/C=N/N=C(N)N)cc1. The number of carbonyl (C=O) groups is 1. The van der Waals surface area contributed by atoms with Crippen LogP contribution in [-0.4, -0.2) is 25.1 Å². The predicted octanol–water partition coefficient (Wildman–Crippen LogP) is 0.527. The molecule has 1 rings (SSSR count). The highest BCUT2D eigenvalue weighted by atomic mass is 16.5. The monoisotopic (exact) mass is 234 g/mol. The average Bonchev–Trinajstić information content (AvgIpc) is 2.34. The van der Waals surface area contributed by atoms with Crippen molar-refractivity contribution >= 4 is 18.0 Å². The van der Waals surface area contributed by atoms with E-state index in [1.54, 1.807) is 31.4 Å². The molecule has 0 fully saturated rings. The van der Waals surface area contributed by atoms with E-state index in [2.05, 4.69) is 10.2 Å². The van der Waals surface area contributed by atoms with E-state index in [9.17, 15) is 4.79 Å². The maximum Gasteiger partial charge on any atom is 0.211 e. The number of benzene rings is 1. The summed E-state index contributed by atoms with van der Waals surface area (Å²) in [6.07, 6.45) is 1.50. The number of ether oxygens (including phenoxy) is 1. The van der Waals surface area contributed by atoms with Crippen LogP contribution in [0.3, 0.4) is 0 Å². The largest absolute Gasteiger partial charge is 0.497 e. The average molecular weight is 234 g/mol. The molecule has 0 aliphatic carbocycles. The van der Waals surface area contributed by atoms with Gasteiger partial charge >= 0.3 is 0 Å². The number of methoxy groups -OCH3 is 1. The molecule has 0 atom stereocenters. The number of guanidine groups is 1. The molecule has 0 aliphatic heterocycles. The van der Waals surface area contributed by atoms with Crippen LogP contribution in [0.2, 0.25) is 0 Å². The first-order valence-electron chi connectivity index (χ1n) is 4.91. The molecule has 0 spiro atoms. The van der Waals surface area contributed by atoms with Gasteiger partial charge in [-0.1, -0.05) is 0 Å². The Hall–Kier alpha value is -2.37. The maximum atomic E-state index is 11.6. The van der Waals surface area contributed by atoms with E-state index in [-0.39, 0.29) is 18.2 Å². The molecule has 90 valence electrons. The fourth-order valence-electron chi connectivity index (χ4n) is 1.13. The van der Waals surface area contributed by atoms with Crippen LogP contribution in [-0.2, 0) is 0 Å². The van der Waals surface area contributed by atoms with Crippen LogP contribution in [0.5, 0.6) is 5.75 Å². The Labute approximate surface area is 99.0 Å². The van der Waals surface area contributed by atoms with Crippen molar-refractivity contribution in [2.45, 2.75) is 6.42 Å². The van der Waals surface area contributed by atoms with Gasteiger partial charge in [-0.05, 0) is 24.3 Å². The lowest BCUT2D eigenvalue weighted by Gasteiger charge is -2.00. The van der Waals surface area contributed by atoms with Gasteiger partial charge in [0.2, 0.25) is 5.96 Å². The number of hydrogen-bond acceptors (Lipinski definition) is 4. The van der Waals surface area contributed by atoms with Crippen molar-refractivity contribution in [1.82, 2.24) is 0 Å². The minimum absolute atomic E-state index is 0.0674. The van der Waals surface area contributed by atoms with Crippen molar-refractivity contribution in [3.05, 3.63) is 29.8 Å². The summed E-state index contributed by atoms with van der Waals surface area (Å²) in [6.45, 7) is 0. The molecule has 0 saturated carbocycles. The number of ketones is 1. The Balaban J connectivity index is 2.58. The van der Waals surface area contributed by atoms with Crippen molar-refractivity contribution in [3.8, 4) is 5.75 Å². The molecule has 0 unspecified atom stereocenters. The van der Waals surface area contributed by atoms with Gasteiger partial charge in [0.25, 0.3) is 0 Å². The quantitative estimate of drug-likeness (QED) is 0.335. The second-order valence-corrected chi connectivity index (χ2v) is 3.18. The smallest absolute Gasteiger partial charge is 0.211 e. The molecule has 1 aromatic rings. The first-order chi connectivity index (χ1) is 8.13. The third kappa shape index (κ3) is 4.33. The molecule has 0 aromatic heterocycles. The summed E-state index contributed by atoms with van der Waals surface area (Å²) in [7, 11) is 1.57. The van der Waals surface area contributed by atoms with Crippen LogP contribution in [0.4, 0.5) is 0 Å². The predicted molar refractivity (Wildman–Crippen MR) is 66.2 cm³/mol. The number of hydrogen-bond donors (Lipinski definition) is 2. The molecular formula is C11H14N4O2. The van der Waals surface area contributed by atoms with E-state index in [1.807, 2.05) is 0 Å². The Morgan fingerprint density at radius 3 is 2.53 bits per heavy atom. The van der Waals surface area contributed by atoms with Crippen molar-refractivity contribution in [2.24, 2.45) is 21.7 Å². The fourth-order valence-corrected chi connectivity index (χ4v) is 1.13. The molecular weight excluding hydrogens is 220 g/mol. The van der Waals surface area contributed by atoms with Gasteiger partial charge < -0.3 is 16.2 Å². The van der Waals surface area contributed by atoms with Crippen molar-refractivity contribution in [1.29, 1.82) is 0 Å². The van der Waals surface area contributed by atoms with Gasteiger partial charge in [-0.3, -0.25) is 4.79 Å². The highest BCUT2D eigenvalue weighted by Crippen LogP contribution is 2.12. The topological polar surface area (TPSA) is 103 Å². The van der Waals surface area contributed by atoms with E-state index < -0.39 is 0 Å². The van der Waals surface area contributed by atoms with E-state index in [0.29, 0.717) is 11.3 Å². The van der Waals surface area contributed by atoms with Crippen LogP contribution >= 0.6 is 0 Å². The van der Waals surface area contributed by atoms with Crippen LogP contribution in [0.15, 0.2) is 34.5 Å². The number of rotatable bonds is 5. The zero-order valence-corrected chi connectivity index (χ0v) is 9.46. The molecule has 4 N–H and O–H groups in total. The van der Waals surface area contributed by atoms with Gasteiger partial charge in [0.05, 0.1) is 7.11 Å². The van der Waals surface area contributed by atoms with Gasteiger partial charge in [-0.15, -0.1) is 5.10 Å². The summed E-state index contributed by atoms with van der Waals surface area (Å²) >= 11 is 0.